The Hall–Kier alpha value is -3.99. The molecule has 1 aliphatic rings. The fourth-order valence-electron chi connectivity index (χ4n) is 4.71. The number of alkyl halides is 3. The lowest BCUT2D eigenvalue weighted by atomic mass is 9.90. The van der Waals surface area contributed by atoms with Crippen LogP contribution in [0.15, 0.2) is 54.9 Å². The fraction of sp³-hybridized carbons (Fsp3) is 0.280. The minimum Gasteiger partial charge on any atom is -0.481 e. The van der Waals surface area contributed by atoms with E-state index in [0.717, 1.165) is 11.6 Å². The van der Waals surface area contributed by atoms with Gasteiger partial charge in [-0.2, -0.15) is 18.3 Å². The van der Waals surface area contributed by atoms with Gasteiger partial charge in [0.25, 0.3) is 5.91 Å². The molecular weight excluding hydrogens is 473 g/mol. The number of methoxy groups -OCH3 is 1. The molecule has 8 nitrogen and oxygen atoms in total. The molecule has 0 radical (unpaired) electrons. The molecule has 1 aromatic carbocycles. The van der Waals surface area contributed by atoms with Crippen molar-refractivity contribution >= 4 is 16.9 Å². The molecule has 36 heavy (non-hydrogen) atoms. The highest BCUT2D eigenvalue weighted by Crippen LogP contribution is 2.38. The van der Waals surface area contributed by atoms with Gasteiger partial charge in [0.05, 0.1) is 18.2 Å². The van der Waals surface area contributed by atoms with Crippen LogP contribution in [0.5, 0.6) is 5.88 Å². The highest BCUT2D eigenvalue weighted by Gasteiger charge is 2.40. The average Bonchev–Trinajstić information content (AvgIpc) is 3.46. The van der Waals surface area contributed by atoms with Crippen molar-refractivity contribution in [2.75, 3.05) is 27.2 Å². The van der Waals surface area contributed by atoms with Crippen molar-refractivity contribution in [1.82, 2.24) is 30.4 Å². The summed E-state index contributed by atoms with van der Waals surface area (Å²) in [5.41, 5.74) is 1.58. The molecule has 1 fully saturated rings. The van der Waals surface area contributed by atoms with Crippen LogP contribution in [-0.2, 0) is 6.18 Å². The van der Waals surface area contributed by atoms with E-state index in [1.807, 2.05) is 11.9 Å². The third-order valence-corrected chi connectivity index (χ3v) is 6.38. The van der Waals surface area contributed by atoms with Crippen molar-refractivity contribution in [3.05, 3.63) is 71.5 Å². The number of fused-ring (bicyclic) bond motifs is 1. The zero-order chi connectivity index (χ0) is 25.4. The molecule has 4 heterocycles. The number of benzene rings is 1. The monoisotopic (exact) mass is 496 g/mol. The van der Waals surface area contributed by atoms with E-state index in [9.17, 15) is 18.0 Å². The molecule has 1 saturated heterocycles. The Morgan fingerprint density at radius 2 is 1.97 bits per heavy atom. The predicted octanol–water partition coefficient (Wildman–Crippen LogP) is 3.87. The molecule has 0 aliphatic carbocycles. The van der Waals surface area contributed by atoms with Crippen molar-refractivity contribution in [2.45, 2.75) is 18.1 Å². The van der Waals surface area contributed by atoms with Gasteiger partial charge in [-0.05, 0) is 30.8 Å². The number of hydrogen-bond donors (Lipinski definition) is 2. The summed E-state index contributed by atoms with van der Waals surface area (Å²) < 4.78 is 46.2. The molecule has 11 heteroatoms. The molecular formula is C25H23F3N6O2. The van der Waals surface area contributed by atoms with Gasteiger partial charge >= 0.3 is 6.18 Å². The van der Waals surface area contributed by atoms with E-state index in [1.165, 1.54) is 25.4 Å². The van der Waals surface area contributed by atoms with Gasteiger partial charge in [-0.15, -0.1) is 0 Å². The zero-order valence-corrected chi connectivity index (χ0v) is 19.5. The number of rotatable bonds is 5. The summed E-state index contributed by atoms with van der Waals surface area (Å²) in [6.07, 6.45) is -1.47. The highest BCUT2D eigenvalue weighted by molar-refractivity contribution is 6.00. The summed E-state index contributed by atoms with van der Waals surface area (Å²) in [6, 6.07) is 10.2. The first-order valence-corrected chi connectivity index (χ1v) is 11.2. The lowest BCUT2D eigenvalue weighted by Gasteiger charge is -2.23. The fourth-order valence-corrected chi connectivity index (χ4v) is 4.71. The van der Waals surface area contributed by atoms with E-state index in [4.69, 9.17) is 4.74 Å². The number of hydrogen-bond acceptors (Lipinski definition) is 6. The molecule has 186 valence electrons. The summed E-state index contributed by atoms with van der Waals surface area (Å²) in [4.78, 5) is 23.6. The van der Waals surface area contributed by atoms with Gasteiger partial charge in [0.1, 0.15) is 5.69 Å². The van der Waals surface area contributed by atoms with E-state index in [0.29, 0.717) is 35.7 Å². The van der Waals surface area contributed by atoms with Crippen molar-refractivity contribution < 1.29 is 22.7 Å². The van der Waals surface area contributed by atoms with Gasteiger partial charge < -0.3 is 15.0 Å². The molecule has 0 bridgehead atoms. The average molecular weight is 496 g/mol. The summed E-state index contributed by atoms with van der Waals surface area (Å²) in [6.45, 7) is 0.817. The van der Waals surface area contributed by atoms with E-state index in [1.54, 1.807) is 30.5 Å². The van der Waals surface area contributed by atoms with Crippen LogP contribution in [-0.4, -0.2) is 64.3 Å². The van der Waals surface area contributed by atoms with E-state index in [-0.39, 0.29) is 11.1 Å². The lowest BCUT2D eigenvalue weighted by molar-refractivity contribution is -0.138. The first kappa shape index (κ1) is 23.7. The van der Waals surface area contributed by atoms with E-state index < -0.39 is 29.6 Å². The molecule has 2 unspecified atom stereocenters. The maximum Gasteiger partial charge on any atom is 0.416 e. The molecule has 1 amide bonds. The summed E-state index contributed by atoms with van der Waals surface area (Å²) in [5, 5.41) is 10.7. The van der Waals surface area contributed by atoms with Gasteiger partial charge in [-0.25, -0.2) is 9.97 Å². The first-order chi connectivity index (χ1) is 17.2. The number of halogens is 3. The number of pyridine rings is 2. The molecule has 3 aromatic heterocycles. The summed E-state index contributed by atoms with van der Waals surface area (Å²) >= 11 is 0. The molecule has 4 aromatic rings. The number of aromatic amines is 1. The number of H-pyrrole nitrogens is 1. The Bertz CT molecular complexity index is 1420. The Labute approximate surface area is 204 Å². The topological polar surface area (TPSA) is 96.0 Å². The minimum absolute atomic E-state index is 0.178. The van der Waals surface area contributed by atoms with Crippen molar-refractivity contribution in [2.24, 2.45) is 0 Å². The van der Waals surface area contributed by atoms with Gasteiger partial charge in [0.2, 0.25) is 5.88 Å². The lowest BCUT2D eigenvalue weighted by Crippen LogP contribution is -2.40. The van der Waals surface area contributed by atoms with Crippen LogP contribution in [0.2, 0.25) is 0 Å². The zero-order valence-electron chi connectivity index (χ0n) is 19.5. The first-order valence-electron chi connectivity index (χ1n) is 11.2. The van der Waals surface area contributed by atoms with Gasteiger partial charge in [0, 0.05) is 54.5 Å². The highest BCUT2D eigenvalue weighted by atomic mass is 19.4. The van der Waals surface area contributed by atoms with Crippen molar-refractivity contribution in [3.63, 3.8) is 0 Å². The Kier molecular flexibility index (Phi) is 6.09. The minimum atomic E-state index is -4.48. The maximum atomic E-state index is 13.7. The molecule has 0 saturated carbocycles. The standard InChI is InChI=1S/C25H23F3N6O2/c1-34-12-18(16-5-3-4-6-19(16)25(26,27)28)20(13-34)31-24(35)15-9-17-22(32-33-23(17)30-11-15)14-7-8-29-21(10-14)36-2/h3-11,18,20H,12-13H2,1-2H3,(H,31,35)(H,30,32,33). The van der Waals surface area contributed by atoms with Crippen LogP contribution in [0, 0.1) is 0 Å². The van der Waals surface area contributed by atoms with Crippen LogP contribution in [0.4, 0.5) is 13.2 Å². The third-order valence-electron chi connectivity index (χ3n) is 6.38. The Balaban J connectivity index is 1.44. The van der Waals surface area contributed by atoms with Gasteiger partial charge in [-0.3, -0.25) is 9.89 Å². The van der Waals surface area contributed by atoms with Crippen LogP contribution in [0.3, 0.4) is 0 Å². The van der Waals surface area contributed by atoms with Crippen LogP contribution < -0.4 is 10.1 Å². The number of ether oxygens (including phenoxy) is 1. The smallest absolute Gasteiger partial charge is 0.416 e. The van der Waals surface area contributed by atoms with Gasteiger partial charge in [-0.1, -0.05) is 18.2 Å². The quantitative estimate of drug-likeness (QED) is 0.436. The number of likely N-dealkylation sites (tertiary alicyclic amines) is 1. The molecule has 0 spiro atoms. The van der Waals surface area contributed by atoms with Crippen LogP contribution in [0.1, 0.15) is 27.4 Å². The number of amides is 1. The van der Waals surface area contributed by atoms with Crippen molar-refractivity contribution in [3.8, 4) is 17.1 Å². The number of nitrogens with one attached hydrogen (secondary N) is 2. The Morgan fingerprint density at radius 1 is 1.17 bits per heavy atom. The maximum absolute atomic E-state index is 13.7. The summed E-state index contributed by atoms with van der Waals surface area (Å²) in [5.74, 6) is -0.512. The number of carbonyl (C=O) groups excluding carboxylic acids is 1. The SMILES string of the molecule is COc1cc(-c2n[nH]c3ncc(C(=O)NC4CN(C)CC4c4ccccc4C(F)(F)F)cc23)ccn1. The Morgan fingerprint density at radius 3 is 2.75 bits per heavy atom. The van der Waals surface area contributed by atoms with Gasteiger partial charge in [0.15, 0.2) is 5.65 Å². The molecule has 2 N–H and O–H groups in total. The predicted molar refractivity (Wildman–Crippen MR) is 127 cm³/mol. The van der Waals surface area contributed by atoms with E-state index in [2.05, 4.69) is 25.5 Å². The second-order valence-corrected chi connectivity index (χ2v) is 8.77. The number of likely N-dealkylation sites (N-methyl/N-ethyl adjacent to an activating group) is 1. The van der Waals surface area contributed by atoms with Crippen molar-refractivity contribution in [1.29, 1.82) is 0 Å². The largest absolute Gasteiger partial charge is 0.481 e. The molecule has 5 rings (SSSR count). The third kappa shape index (κ3) is 4.49. The second-order valence-electron chi connectivity index (χ2n) is 8.77. The van der Waals surface area contributed by atoms with E-state index >= 15 is 0 Å². The number of aromatic nitrogens is 4. The normalized spacial score (nSPS) is 18.5. The number of nitrogens with zero attached hydrogens (tertiary/aromatic N) is 4. The number of carbonyl (C=O) groups is 1. The molecule has 2 atom stereocenters. The van der Waals surface area contributed by atoms with Crippen LogP contribution >= 0.6 is 0 Å². The second kappa shape index (κ2) is 9.23. The molecule has 1 aliphatic heterocycles. The summed E-state index contributed by atoms with van der Waals surface area (Å²) in [7, 11) is 3.34. The van der Waals surface area contributed by atoms with Crippen LogP contribution in [0.25, 0.3) is 22.3 Å².